The highest BCUT2D eigenvalue weighted by atomic mass is 14.8. The van der Waals surface area contributed by atoms with E-state index in [9.17, 15) is 0 Å². The molecule has 2 rings (SSSR count). The number of rotatable bonds is 9. The maximum absolute atomic E-state index is 8.03. The van der Waals surface area contributed by atoms with E-state index >= 15 is 0 Å². The van der Waals surface area contributed by atoms with Crippen molar-refractivity contribution >= 4 is 17.3 Å². The molecule has 1 aromatic carbocycles. The summed E-state index contributed by atoms with van der Waals surface area (Å²) >= 11 is 0. The summed E-state index contributed by atoms with van der Waals surface area (Å²) in [6.45, 7) is 1.01. The van der Waals surface area contributed by atoms with Crippen molar-refractivity contribution in [3.8, 4) is 0 Å². The predicted molar refractivity (Wildman–Crippen MR) is 93.5 cm³/mol. The van der Waals surface area contributed by atoms with Gasteiger partial charge in [0.15, 0.2) is 0 Å². The van der Waals surface area contributed by atoms with E-state index in [4.69, 9.17) is 16.6 Å². The van der Waals surface area contributed by atoms with Crippen LogP contribution in [0.1, 0.15) is 56.1 Å². The molecular formula is C18H26N4. The van der Waals surface area contributed by atoms with E-state index in [1.54, 1.807) is 0 Å². The molecule has 0 aliphatic carbocycles. The first-order chi connectivity index (χ1) is 10.6. The van der Waals surface area contributed by atoms with Crippen LogP contribution in [-0.4, -0.2) is 23.8 Å². The molecule has 0 unspecified atom stereocenters. The molecule has 1 aromatic rings. The second-order valence-electron chi connectivity index (χ2n) is 5.97. The molecule has 4 heteroatoms. The number of nitrogens with zero attached hydrogens (tertiary/aromatic N) is 1. The molecule has 22 heavy (non-hydrogen) atoms. The number of amidine groups is 1. The second kappa shape index (κ2) is 8.47. The Kier molecular flexibility index (Phi) is 6.31. The van der Waals surface area contributed by atoms with Crippen molar-refractivity contribution in [2.24, 2.45) is 10.7 Å². The molecule has 1 heterocycles. The van der Waals surface area contributed by atoms with Crippen molar-refractivity contribution < 1.29 is 0 Å². The lowest BCUT2D eigenvalue weighted by atomic mass is 10.0. The van der Waals surface area contributed by atoms with Crippen LogP contribution in [0.4, 0.5) is 0 Å². The Balaban J connectivity index is 1.60. The van der Waals surface area contributed by atoms with Gasteiger partial charge >= 0.3 is 0 Å². The molecular weight excluding hydrogens is 272 g/mol. The Labute approximate surface area is 132 Å². The van der Waals surface area contributed by atoms with Gasteiger partial charge in [0.1, 0.15) is 5.84 Å². The lowest BCUT2D eigenvalue weighted by Crippen LogP contribution is -2.10. The molecule has 0 aromatic heterocycles. The number of hydrogen-bond acceptors (Lipinski definition) is 3. The summed E-state index contributed by atoms with van der Waals surface area (Å²) in [6, 6.07) is 7.84. The molecule has 0 spiro atoms. The smallest absolute Gasteiger partial charge is 0.122 e. The van der Waals surface area contributed by atoms with Crippen molar-refractivity contribution in [1.29, 1.82) is 10.8 Å². The molecule has 1 aliphatic heterocycles. The molecule has 0 fully saturated rings. The summed E-state index contributed by atoms with van der Waals surface area (Å²) in [6.07, 6.45) is 8.31. The molecule has 0 atom stereocenters. The first kappa shape index (κ1) is 16.4. The highest BCUT2D eigenvalue weighted by Gasteiger charge is 2.06. The van der Waals surface area contributed by atoms with Crippen molar-refractivity contribution in [2.75, 3.05) is 6.54 Å². The van der Waals surface area contributed by atoms with Crippen LogP contribution in [0, 0.1) is 10.8 Å². The minimum Gasteiger partial charge on any atom is -0.384 e. The van der Waals surface area contributed by atoms with Gasteiger partial charge in [-0.1, -0.05) is 24.3 Å². The highest BCUT2D eigenvalue weighted by Crippen LogP contribution is 2.12. The lowest BCUT2D eigenvalue weighted by molar-refractivity contribution is 0.821. The zero-order valence-corrected chi connectivity index (χ0v) is 13.2. The first-order valence-electron chi connectivity index (χ1n) is 8.17. The van der Waals surface area contributed by atoms with Crippen LogP contribution < -0.4 is 5.73 Å². The van der Waals surface area contributed by atoms with Crippen molar-refractivity contribution in [2.45, 2.75) is 51.4 Å². The molecule has 118 valence electrons. The average Bonchev–Trinajstić information content (AvgIpc) is 3.01. The van der Waals surface area contributed by atoms with Crippen molar-refractivity contribution in [3.63, 3.8) is 0 Å². The van der Waals surface area contributed by atoms with Crippen LogP contribution in [0.25, 0.3) is 0 Å². The standard InChI is InChI=1S/C18H26N4/c19-16(6-2-7-17-8-3-13-22-17)5-1-4-14-9-11-15(12-10-14)18(20)21/h9-12,19H,1-8,13H2,(H3,20,21). The van der Waals surface area contributed by atoms with E-state index in [1.165, 1.54) is 24.1 Å². The molecule has 0 bridgehead atoms. The molecule has 0 saturated heterocycles. The number of hydrogen-bond donors (Lipinski definition) is 3. The minimum absolute atomic E-state index is 0.111. The van der Waals surface area contributed by atoms with E-state index in [1.807, 2.05) is 24.3 Å². The van der Waals surface area contributed by atoms with Gasteiger partial charge in [-0.15, -0.1) is 0 Å². The molecule has 1 aliphatic rings. The predicted octanol–water partition coefficient (Wildman–Crippen LogP) is 3.72. The first-order valence-corrected chi connectivity index (χ1v) is 8.17. The van der Waals surface area contributed by atoms with Gasteiger partial charge < -0.3 is 11.1 Å². The van der Waals surface area contributed by atoms with Crippen molar-refractivity contribution in [3.05, 3.63) is 35.4 Å². The monoisotopic (exact) mass is 298 g/mol. The zero-order chi connectivity index (χ0) is 15.8. The summed E-state index contributed by atoms with van der Waals surface area (Å²) in [5.41, 5.74) is 9.68. The third-order valence-corrected chi connectivity index (χ3v) is 4.11. The summed E-state index contributed by atoms with van der Waals surface area (Å²) < 4.78 is 0. The van der Waals surface area contributed by atoms with E-state index in [-0.39, 0.29) is 5.84 Å². The van der Waals surface area contributed by atoms with Crippen LogP contribution in [0.5, 0.6) is 0 Å². The third kappa shape index (κ3) is 5.43. The number of aliphatic imine (C=N–C) groups is 1. The molecule has 4 N–H and O–H groups in total. The number of nitrogens with one attached hydrogen (secondary N) is 2. The second-order valence-corrected chi connectivity index (χ2v) is 5.97. The van der Waals surface area contributed by atoms with E-state index < -0.39 is 0 Å². The van der Waals surface area contributed by atoms with Gasteiger partial charge in [0.2, 0.25) is 0 Å². The summed E-state index contributed by atoms with van der Waals surface area (Å²) in [4.78, 5) is 4.48. The Hall–Kier alpha value is -1.97. The number of nitrogens with two attached hydrogens (primary N) is 1. The topological polar surface area (TPSA) is 86.1 Å². The molecule has 0 saturated carbocycles. The normalized spacial score (nSPS) is 13.9. The molecule has 0 radical (unpaired) electrons. The average molecular weight is 298 g/mol. The third-order valence-electron chi connectivity index (χ3n) is 4.11. The minimum atomic E-state index is 0.111. The highest BCUT2D eigenvalue weighted by molar-refractivity contribution is 5.94. The fourth-order valence-electron chi connectivity index (χ4n) is 2.79. The maximum Gasteiger partial charge on any atom is 0.122 e. The van der Waals surface area contributed by atoms with Gasteiger partial charge in [-0.2, -0.15) is 0 Å². The Morgan fingerprint density at radius 2 is 1.73 bits per heavy atom. The van der Waals surface area contributed by atoms with Gasteiger partial charge in [-0.25, -0.2) is 0 Å². The van der Waals surface area contributed by atoms with Crippen LogP contribution in [0.2, 0.25) is 0 Å². The van der Waals surface area contributed by atoms with E-state index in [0.717, 1.165) is 56.3 Å². The van der Waals surface area contributed by atoms with Crippen LogP contribution in [0.3, 0.4) is 0 Å². The van der Waals surface area contributed by atoms with Crippen molar-refractivity contribution in [1.82, 2.24) is 0 Å². The fourth-order valence-corrected chi connectivity index (χ4v) is 2.79. The van der Waals surface area contributed by atoms with E-state index in [2.05, 4.69) is 4.99 Å². The number of aryl methyl sites for hydroxylation is 1. The molecule has 4 nitrogen and oxygen atoms in total. The van der Waals surface area contributed by atoms with Gasteiger partial charge in [0.25, 0.3) is 0 Å². The van der Waals surface area contributed by atoms with Crippen LogP contribution >= 0.6 is 0 Å². The maximum atomic E-state index is 8.03. The van der Waals surface area contributed by atoms with Crippen LogP contribution in [0.15, 0.2) is 29.3 Å². The van der Waals surface area contributed by atoms with Gasteiger partial charge in [-0.3, -0.25) is 10.4 Å². The summed E-state index contributed by atoms with van der Waals surface area (Å²) in [5.74, 6) is 0.111. The molecule has 0 amide bonds. The Morgan fingerprint density at radius 3 is 2.32 bits per heavy atom. The summed E-state index contributed by atoms with van der Waals surface area (Å²) in [5, 5.41) is 15.4. The zero-order valence-electron chi connectivity index (χ0n) is 13.2. The largest absolute Gasteiger partial charge is 0.384 e. The lowest BCUT2D eigenvalue weighted by Gasteiger charge is -2.06. The van der Waals surface area contributed by atoms with Crippen LogP contribution in [-0.2, 0) is 6.42 Å². The van der Waals surface area contributed by atoms with E-state index in [0.29, 0.717) is 0 Å². The number of benzene rings is 1. The number of nitrogen functional groups attached to an aromatic ring is 1. The Morgan fingerprint density at radius 1 is 1.05 bits per heavy atom. The SMILES string of the molecule is N=C(CCCC1=NCCC1)CCCc1ccc(C(=N)N)cc1. The quantitative estimate of drug-likeness (QED) is 0.471. The summed E-state index contributed by atoms with van der Waals surface area (Å²) in [7, 11) is 0. The fraction of sp³-hybridized carbons (Fsp3) is 0.500. The Bertz CT molecular complexity index is 543. The van der Waals surface area contributed by atoms with Gasteiger partial charge in [0, 0.05) is 23.5 Å². The van der Waals surface area contributed by atoms with Gasteiger partial charge in [-0.05, 0) is 56.9 Å². The van der Waals surface area contributed by atoms with Gasteiger partial charge in [0.05, 0.1) is 0 Å².